The van der Waals surface area contributed by atoms with Gasteiger partial charge in [-0.05, 0) is 12.2 Å². The first-order valence-electron chi connectivity index (χ1n) is 10.1. The Morgan fingerprint density at radius 1 is 0.742 bits per heavy atom. The van der Waals surface area contributed by atoms with Crippen molar-refractivity contribution in [3.8, 4) is 0 Å². The first kappa shape index (κ1) is 24.3. The normalized spacial score (nSPS) is 10.6. The molecule has 0 radical (unpaired) electrons. The zero-order valence-corrected chi connectivity index (χ0v) is 22.0. The summed E-state index contributed by atoms with van der Waals surface area (Å²) in [6.45, 7) is 6.52. The van der Waals surface area contributed by atoms with Gasteiger partial charge in [-0.15, -0.1) is 83.0 Å². The Hall–Kier alpha value is -1.40. The molecular formula is C27H25Cl2PTi-2. The Kier molecular flexibility index (Phi) is 9.39. The molecule has 0 aliphatic heterocycles. The van der Waals surface area contributed by atoms with Crippen molar-refractivity contribution in [3.05, 3.63) is 108 Å². The molecular weight excluding hydrogens is 474 g/mol. The van der Waals surface area contributed by atoms with E-state index in [0.29, 0.717) is 0 Å². The average molecular weight is 499 g/mol. The van der Waals surface area contributed by atoms with Crippen LogP contribution in [0.3, 0.4) is 0 Å². The number of halogens is 2. The van der Waals surface area contributed by atoms with E-state index in [1.165, 1.54) is 48.8 Å². The van der Waals surface area contributed by atoms with Crippen LogP contribution in [0.5, 0.6) is 0 Å². The summed E-state index contributed by atoms with van der Waals surface area (Å²) in [5, 5.41) is 8.46. The van der Waals surface area contributed by atoms with Gasteiger partial charge >= 0.3 is 35.6 Å². The molecule has 4 heteroatoms. The van der Waals surface area contributed by atoms with Gasteiger partial charge in [-0.2, -0.15) is 12.1 Å². The molecule has 158 valence electrons. The maximum atomic E-state index is 4.89. The molecule has 0 bridgehead atoms. The van der Waals surface area contributed by atoms with Crippen molar-refractivity contribution in [1.82, 2.24) is 0 Å². The molecule has 0 aliphatic rings. The van der Waals surface area contributed by atoms with E-state index in [4.69, 9.17) is 18.6 Å². The van der Waals surface area contributed by atoms with E-state index in [1.54, 1.807) is 0 Å². The molecule has 5 rings (SSSR count). The van der Waals surface area contributed by atoms with Gasteiger partial charge in [0.05, 0.1) is 0 Å². The second-order valence-electron chi connectivity index (χ2n) is 7.40. The van der Waals surface area contributed by atoms with Crippen molar-refractivity contribution in [2.45, 2.75) is 20.8 Å². The summed E-state index contributed by atoms with van der Waals surface area (Å²) in [4.78, 5) is 0. The summed E-state index contributed by atoms with van der Waals surface area (Å²) < 4.78 is 0. The van der Waals surface area contributed by atoms with Crippen LogP contribution in [0.2, 0.25) is 0 Å². The fourth-order valence-corrected chi connectivity index (χ4v) is 5.02. The maximum absolute atomic E-state index is 4.89. The van der Waals surface area contributed by atoms with E-state index in [0.717, 1.165) is 8.58 Å². The minimum atomic E-state index is -0.556. The van der Waals surface area contributed by atoms with E-state index < -0.39 is 17.0 Å². The third kappa shape index (κ3) is 6.32. The Bertz CT molecular complexity index is 1200. The number of hydrogen-bond acceptors (Lipinski definition) is 0. The van der Waals surface area contributed by atoms with E-state index >= 15 is 0 Å². The van der Waals surface area contributed by atoms with Crippen LogP contribution in [0.15, 0.2) is 91.0 Å². The summed E-state index contributed by atoms with van der Waals surface area (Å²) in [5.74, 6) is 0. The third-order valence-electron chi connectivity index (χ3n) is 5.29. The molecule has 0 heterocycles. The van der Waals surface area contributed by atoms with Crippen LogP contribution < -0.4 is 10.6 Å². The molecule has 0 aromatic heterocycles. The summed E-state index contributed by atoms with van der Waals surface area (Å²) in [5.41, 5.74) is 4.15. The van der Waals surface area contributed by atoms with Crippen LogP contribution in [0.1, 0.15) is 16.7 Å². The van der Waals surface area contributed by atoms with Crippen molar-refractivity contribution in [2.75, 3.05) is 0 Å². The molecule has 0 saturated carbocycles. The van der Waals surface area contributed by atoms with E-state index in [9.17, 15) is 0 Å². The summed E-state index contributed by atoms with van der Waals surface area (Å²) in [6, 6.07) is 32.5. The van der Waals surface area contributed by atoms with Crippen LogP contribution in [-0.2, 0) is 17.0 Å². The predicted octanol–water partition coefficient (Wildman–Crippen LogP) is 8.05. The van der Waals surface area contributed by atoms with Gasteiger partial charge in [0.2, 0.25) is 0 Å². The number of hydrogen-bond donors (Lipinski definition) is 0. The van der Waals surface area contributed by atoms with Crippen LogP contribution in [0.4, 0.5) is 0 Å². The van der Waals surface area contributed by atoms with Gasteiger partial charge in [-0.1, -0.05) is 61.9 Å². The van der Waals surface area contributed by atoms with Gasteiger partial charge in [0, 0.05) is 0 Å². The molecule has 0 amide bonds. The minimum absolute atomic E-state index is 0.556. The molecule has 0 saturated heterocycles. The summed E-state index contributed by atoms with van der Waals surface area (Å²) >= 11 is -0.556. The van der Waals surface area contributed by atoms with Crippen LogP contribution >= 0.6 is 27.2 Å². The molecule has 5 aromatic rings. The van der Waals surface area contributed by atoms with Crippen LogP contribution in [0.25, 0.3) is 21.5 Å². The molecule has 5 aromatic carbocycles. The monoisotopic (exact) mass is 498 g/mol. The van der Waals surface area contributed by atoms with Crippen molar-refractivity contribution in [1.29, 1.82) is 0 Å². The van der Waals surface area contributed by atoms with Crippen molar-refractivity contribution < 1.29 is 17.0 Å². The molecule has 1 atom stereocenters. The molecule has 0 aliphatic carbocycles. The van der Waals surface area contributed by atoms with Gasteiger partial charge < -0.3 is 0 Å². The Labute approximate surface area is 203 Å². The zero-order valence-electron chi connectivity index (χ0n) is 17.9. The Morgan fingerprint density at radius 2 is 1.39 bits per heavy atom. The third-order valence-corrected chi connectivity index (χ3v) is 6.82. The number of aryl methyl sites for hydroxylation is 3. The van der Waals surface area contributed by atoms with Gasteiger partial charge in [0.1, 0.15) is 0 Å². The number of fused-ring (bicyclic) bond motifs is 2. The van der Waals surface area contributed by atoms with E-state index in [-0.39, 0.29) is 0 Å². The molecule has 0 fully saturated rings. The van der Waals surface area contributed by atoms with E-state index in [2.05, 4.69) is 112 Å². The molecule has 0 nitrogen and oxygen atoms in total. The first-order chi connectivity index (χ1) is 15.0. The summed E-state index contributed by atoms with van der Waals surface area (Å²) in [7, 11) is 10.5. The zero-order chi connectivity index (χ0) is 22.2. The van der Waals surface area contributed by atoms with Gasteiger partial charge in [-0.25, -0.2) is 0 Å². The van der Waals surface area contributed by atoms with Crippen molar-refractivity contribution >= 4 is 59.3 Å². The van der Waals surface area contributed by atoms with Crippen LogP contribution in [0, 0.1) is 20.8 Å². The van der Waals surface area contributed by atoms with Crippen LogP contribution in [-0.4, -0.2) is 0 Å². The predicted molar refractivity (Wildman–Crippen MR) is 139 cm³/mol. The van der Waals surface area contributed by atoms with Gasteiger partial charge in [-0.3, -0.25) is 0 Å². The SMILES string of the molecule is Cc1[cH-]c2ccccc2c1Pc1ccccc1.Cc1ccc(C)c2[cH-]ccc12.[Cl][Ti][Cl]. The molecule has 1 unspecified atom stereocenters. The fraction of sp³-hybridized carbons (Fsp3) is 0.111. The standard InChI is InChI=1S/C16H14P.C11H11.2ClH.Ti/c1-12-11-13-7-5-6-10-15(13)16(12)17-14-8-3-2-4-9-14;1-8-6-7-9(2)11-5-3-4-10(8)11;;;/h2-11,17H,1H3;3-7H,1-2H3;2*1H;/q2*-1;;;+2/p-2. The first-order valence-corrected chi connectivity index (χ1v) is 15.4. The number of rotatable bonds is 2. The second-order valence-corrected chi connectivity index (χ2v) is 11.3. The molecule has 31 heavy (non-hydrogen) atoms. The average Bonchev–Trinajstić information content (AvgIpc) is 3.39. The van der Waals surface area contributed by atoms with Crippen molar-refractivity contribution in [2.24, 2.45) is 0 Å². The molecule has 0 spiro atoms. The quantitative estimate of drug-likeness (QED) is 0.131. The topological polar surface area (TPSA) is 0 Å². The second kappa shape index (κ2) is 12.0. The molecule has 0 N–H and O–H groups in total. The van der Waals surface area contributed by atoms with Crippen molar-refractivity contribution in [3.63, 3.8) is 0 Å². The number of benzene rings is 3. The van der Waals surface area contributed by atoms with Gasteiger partial charge in [0.15, 0.2) is 0 Å². The fourth-order valence-electron chi connectivity index (χ4n) is 3.74. The van der Waals surface area contributed by atoms with Gasteiger partial charge in [0.25, 0.3) is 0 Å². The Balaban J connectivity index is 0.000000167. The summed E-state index contributed by atoms with van der Waals surface area (Å²) in [6.07, 6.45) is 0. The van der Waals surface area contributed by atoms with E-state index in [1.807, 2.05) is 0 Å². The Morgan fingerprint density at radius 3 is 2.10 bits per heavy atom.